The smallest absolute Gasteiger partial charge is 0.354 e. The van der Waals surface area contributed by atoms with Gasteiger partial charge in [0.05, 0.1) is 24.6 Å². The van der Waals surface area contributed by atoms with Crippen LogP contribution in [0.3, 0.4) is 0 Å². The molecular weight excluding hydrogens is 410 g/mol. The van der Waals surface area contributed by atoms with E-state index < -0.39 is 5.97 Å². The van der Waals surface area contributed by atoms with E-state index in [2.05, 4.69) is 24.7 Å². The second kappa shape index (κ2) is 9.95. The maximum absolute atomic E-state index is 11.6. The van der Waals surface area contributed by atoms with Crippen LogP contribution in [0.15, 0.2) is 36.7 Å². The minimum atomic E-state index is -0.999. The Labute approximate surface area is 187 Å². The van der Waals surface area contributed by atoms with Gasteiger partial charge in [0.2, 0.25) is 0 Å². The number of methoxy groups -OCH3 is 1. The summed E-state index contributed by atoms with van der Waals surface area (Å²) >= 11 is 0. The highest BCUT2D eigenvalue weighted by atomic mass is 16.5. The molecule has 0 saturated carbocycles. The van der Waals surface area contributed by atoms with Gasteiger partial charge in [-0.1, -0.05) is 0 Å². The van der Waals surface area contributed by atoms with Gasteiger partial charge in [0, 0.05) is 52.0 Å². The number of carbonyl (C=O) groups excluding carboxylic acids is 1. The first-order chi connectivity index (χ1) is 15.5. The summed E-state index contributed by atoms with van der Waals surface area (Å²) in [7, 11) is 1.37. The Balaban J connectivity index is 1.21. The number of piperazine rings is 1. The summed E-state index contributed by atoms with van der Waals surface area (Å²) in [6.07, 6.45) is 5.49. The van der Waals surface area contributed by atoms with Gasteiger partial charge in [0.25, 0.3) is 0 Å². The molecule has 0 radical (unpaired) electrons. The molecule has 9 nitrogen and oxygen atoms in total. The lowest BCUT2D eigenvalue weighted by Crippen LogP contribution is -2.49. The van der Waals surface area contributed by atoms with Gasteiger partial charge in [-0.25, -0.2) is 19.6 Å². The highest BCUT2D eigenvalue weighted by Gasteiger charge is 2.25. The highest BCUT2D eigenvalue weighted by Crippen LogP contribution is 2.24. The molecule has 9 heteroatoms. The zero-order valence-corrected chi connectivity index (χ0v) is 18.3. The average molecular weight is 440 g/mol. The number of aromatic nitrogens is 2. The number of carbonyl (C=O) groups is 2. The number of anilines is 2. The fraction of sp³-hybridized carbons (Fsp3) is 0.478. The number of hydrogen-bond donors (Lipinski definition) is 1. The van der Waals surface area contributed by atoms with Crippen LogP contribution in [0.2, 0.25) is 0 Å². The Kier molecular flexibility index (Phi) is 6.84. The van der Waals surface area contributed by atoms with E-state index in [0.29, 0.717) is 11.5 Å². The van der Waals surface area contributed by atoms with E-state index in [1.807, 2.05) is 12.1 Å². The third-order valence-electron chi connectivity index (χ3n) is 6.33. The molecule has 2 fully saturated rings. The second-order valence-corrected chi connectivity index (χ2v) is 8.32. The molecule has 2 aromatic rings. The van der Waals surface area contributed by atoms with Crippen molar-refractivity contribution in [2.75, 3.05) is 62.7 Å². The van der Waals surface area contributed by atoms with Crippen molar-refractivity contribution in [3.63, 3.8) is 0 Å². The van der Waals surface area contributed by atoms with Crippen molar-refractivity contribution < 1.29 is 19.4 Å². The SMILES string of the molecule is COC(=O)c1ccc(N2CCC(CN3CCN(c4ccc(C(=O)O)nc4)CC3)CC2)nc1. The Morgan fingerprint density at radius 1 is 0.969 bits per heavy atom. The van der Waals surface area contributed by atoms with E-state index >= 15 is 0 Å². The summed E-state index contributed by atoms with van der Waals surface area (Å²) in [6, 6.07) is 7.07. The third-order valence-corrected chi connectivity index (χ3v) is 6.33. The molecular formula is C23H29N5O4. The molecule has 0 aliphatic carbocycles. The Morgan fingerprint density at radius 2 is 1.72 bits per heavy atom. The van der Waals surface area contributed by atoms with Gasteiger partial charge in [-0.3, -0.25) is 4.90 Å². The van der Waals surface area contributed by atoms with Crippen LogP contribution in [-0.2, 0) is 4.74 Å². The van der Waals surface area contributed by atoms with E-state index in [0.717, 1.165) is 70.2 Å². The minimum Gasteiger partial charge on any atom is -0.477 e. The van der Waals surface area contributed by atoms with Gasteiger partial charge in [-0.05, 0) is 43.0 Å². The van der Waals surface area contributed by atoms with Crippen LogP contribution < -0.4 is 9.80 Å². The van der Waals surface area contributed by atoms with Crippen LogP contribution >= 0.6 is 0 Å². The van der Waals surface area contributed by atoms with Crippen molar-refractivity contribution in [2.24, 2.45) is 5.92 Å². The van der Waals surface area contributed by atoms with Gasteiger partial charge in [-0.2, -0.15) is 0 Å². The number of aromatic carboxylic acids is 1. The number of esters is 1. The quantitative estimate of drug-likeness (QED) is 0.678. The summed E-state index contributed by atoms with van der Waals surface area (Å²) in [5.74, 6) is 0.216. The number of carboxylic acid groups (broad SMARTS) is 1. The molecule has 170 valence electrons. The monoisotopic (exact) mass is 439 g/mol. The lowest BCUT2D eigenvalue weighted by atomic mass is 9.96. The highest BCUT2D eigenvalue weighted by molar-refractivity contribution is 5.89. The molecule has 2 aromatic heterocycles. The van der Waals surface area contributed by atoms with Crippen LogP contribution in [0.4, 0.5) is 11.5 Å². The lowest BCUT2D eigenvalue weighted by Gasteiger charge is -2.39. The van der Waals surface area contributed by atoms with Gasteiger partial charge in [0.1, 0.15) is 11.5 Å². The summed E-state index contributed by atoms with van der Waals surface area (Å²) in [4.78, 5) is 38.1. The average Bonchev–Trinajstić information content (AvgIpc) is 2.85. The van der Waals surface area contributed by atoms with Gasteiger partial charge in [0.15, 0.2) is 0 Å². The molecule has 0 unspecified atom stereocenters. The standard InChI is InChI=1S/C23H29N5O4/c1-32-23(31)18-2-5-21(25-14-18)28-8-6-17(7-9-28)16-26-10-12-27(13-11-26)19-3-4-20(22(29)30)24-15-19/h2-5,14-15,17H,6-13,16H2,1H3,(H,29,30). The molecule has 4 heterocycles. The Hall–Kier alpha value is -3.20. The molecule has 0 aromatic carbocycles. The van der Waals surface area contributed by atoms with Crippen LogP contribution in [0.1, 0.15) is 33.7 Å². The first-order valence-electron chi connectivity index (χ1n) is 11.0. The summed E-state index contributed by atoms with van der Waals surface area (Å²) < 4.78 is 4.73. The first kappa shape index (κ1) is 22.0. The minimum absolute atomic E-state index is 0.0772. The fourth-order valence-corrected chi connectivity index (χ4v) is 4.41. The molecule has 0 atom stereocenters. The summed E-state index contributed by atoms with van der Waals surface area (Å²) in [5.41, 5.74) is 1.53. The molecule has 2 saturated heterocycles. The molecule has 0 amide bonds. The number of hydrogen-bond acceptors (Lipinski definition) is 8. The first-order valence-corrected chi connectivity index (χ1v) is 11.0. The van der Waals surface area contributed by atoms with Crippen molar-refractivity contribution in [1.82, 2.24) is 14.9 Å². The van der Waals surface area contributed by atoms with Crippen LogP contribution in [0.5, 0.6) is 0 Å². The molecule has 0 spiro atoms. The van der Waals surface area contributed by atoms with E-state index in [4.69, 9.17) is 9.84 Å². The third kappa shape index (κ3) is 5.16. The Bertz CT molecular complexity index is 918. The summed E-state index contributed by atoms with van der Waals surface area (Å²) in [6.45, 7) is 6.88. The van der Waals surface area contributed by atoms with Crippen molar-refractivity contribution in [3.05, 3.63) is 47.9 Å². The summed E-state index contributed by atoms with van der Waals surface area (Å²) in [5, 5.41) is 8.99. The predicted octanol–water partition coefficient (Wildman–Crippen LogP) is 2.00. The van der Waals surface area contributed by atoms with Crippen molar-refractivity contribution in [3.8, 4) is 0 Å². The van der Waals surface area contributed by atoms with E-state index in [1.165, 1.54) is 7.11 Å². The van der Waals surface area contributed by atoms with Crippen LogP contribution in [0.25, 0.3) is 0 Å². The fourth-order valence-electron chi connectivity index (χ4n) is 4.41. The topological polar surface area (TPSA) is 99.1 Å². The zero-order chi connectivity index (χ0) is 22.5. The number of carboxylic acids is 1. The zero-order valence-electron chi connectivity index (χ0n) is 18.3. The molecule has 2 aliphatic heterocycles. The Morgan fingerprint density at radius 3 is 2.28 bits per heavy atom. The number of ether oxygens (including phenoxy) is 1. The molecule has 0 bridgehead atoms. The second-order valence-electron chi connectivity index (χ2n) is 8.32. The number of piperidine rings is 1. The molecule has 32 heavy (non-hydrogen) atoms. The van der Waals surface area contributed by atoms with E-state index in [9.17, 15) is 9.59 Å². The maximum atomic E-state index is 11.6. The lowest BCUT2D eigenvalue weighted by molar-refractivity contribution is 0.0599. The molecule has 4 rings (SSSR count). The van der Waals surface area contributed by atoms with Gasteiger partial charge in [-0.15, -0.1) is 0 Å². The number of rotatable bonds is 6. The van der Waals surface area contributed by atoms with Crippen molar-refractivity contribution in [2.45, 2.75) is 12.8 Å². The van der Waals surface area contributed by atoms with Crippen molar-refractivity contribution in [1.29, 1.82) is 0 Å². The normalized spacial score (nSPS) is 17.9. The largest absolute Gasteiger partial charge is 0.477 e. The van der Waals surface area contributed by atoms with Gasteiger partial charge >= 0.3 is 11.9 Å². The maximum Gasteiger partial charge on any atom is 0.354 e. The van der Waals surface area contributed by atoms with Crippen molar-refractivity contribution >= 4 is 23.4 Å². The molecule has 1 N–H and O–H groups in total. The number of nitrogens with zero attached hydrogens (tertiary/aromatic N) is 5. The molecule has 2 aliphatic rings. The van der Waals surface area contributed by atoms with Gasteiger partial charge < -0.3 is 19.6 Å². The predicted molar refractivity (Wildman–Crippen MR) is 120 cm³/mol. The van der Waals surface area contributed by atoms with Crippen LogP contribution in [0, 0.1) is 5.92 Å². The van der Waals surface area contributed by atoms with E-state index in [-0.39, 0.29) is 11.7 Å². The van der Waals surface area contributed by atoms with Crippen LogP contribution in [-0.4, -0.2) is 84.8 Å². The number of pyridine rings is 2. The van der Waals surface area contributed by atoms with E-state index in [1.54, 1.807) is 24.5 Å².